The fourth-order valence-corrected chi connectivity index (χ4v) is 1.77. The molecule has 0 radical (unpaired) electrons. The molecular weight excluding hydrogens is 166 g/mol. The molecule has 13 heavy (non-hydrogen) atoms. The van der Waals surface area contributed by atoms with E-state index in [1.54, 1.807) is 0 Å². The molecule has 0 aromatic heterocycles. The van der Waals surface area contributed by atoms with Crippen molar-refractivity contribution in [2.45, 2.75) is 19.8 Å². The fourth-order valence-electron chi connectivity index (χ4n) is 1.77. The van der Waals surface area contributed by atoms with E-state index >= 15 is 0 Å². The summed E-state index contributed by atoms with van der Waals surface area (Å²) in [5.74, 6) is 0.216. The summed E-state index contributed by atoms with van der Waals surface area (Å²) < 4.78 is 4.73. The van der Waals surface area contributed by atoms with E-state index in [0.717, 1.165) is 31.5 Å². The largest absolute Gasteiger partial charge is 0.466 e. The molecule has 0 aliphatic carbocycles. The minimum atomic E-state index is -0.172. The minimum absolute atomic E-state index is 0.172. The Bertz CT molecular complexity index is 205. The normalized spacial score (nSPS) is 20.0. The van der Waals surface area contributed by atoms with Crippen molar-refractivity contribution in [2.24, 2.45) is 5.92 Å². The first-order valence-electron chi connectivity index (χ1n) is 4.74. The molecule has 0 unspecified atom stereocenters. The summed E-state index contributed by atoms with van der Waals surface area (Å²) in [6.07, 6.45) is 3.95. The number of carbonyl (C=O) groups is 1. The average molecular weight is 183 g/mol. The van der Waals surface area contributed by atoms with Crippen molar-refractivity contribution in [1.82, 2.24) is 5.32 Å². The summed E-state index contributed by atoms with van der Waals surface area (Å²) >= 11 is 0. The number of hydrogen-bond donors (Lipinski definition) is 1. The molecule has 0 aromatic rings. The summed E-state index contributed by atoms with van der Waals surface area (Å²) in [4.78, 5) is 11.3. The first-order valence-corrected chi connectivity index (χ1v) is 4.74. The molecule has 3 heteroatoms. The van der Waals surface area contributed by atoms with Gasteiger partial charge < -0.3 is 10.1 Å². The summed E-state index contributed by atoms with van der Waals surface area (Å²) in [5, 5.41) is 3.27. The lowest BCUT2D eigenvalue weighted by molar-refractivity contribution is -0.136. The average Bonchev–Trinajstić information content (AvgIpc) is 2.20. The summed E-state index contributed by atoms with van der Waals surface area (Å²) in [6, 6.07) is 0. The van der Waals surface area contributed by atoms with Gasteiger partial charge in [0, 0.05) is 5.57 Å². The Kier molecular flexibility index (Phi) is 3.96. The number of esters is 1. The Balaban J connectivity index is 2.60. The van der Waals surface area contributed by atoms with Crippen molar-refractivity contribution in [3.05, 3.63) is 11.6 Å². The van der Waals surface area contributed by atoms with Gasteiger partial charge in [0.1, 0.15) is 0 Å². The lowest BCUT2D eigenvalue weighted by atomic mass is 9.90. The maximum absolute atomic E-state index is 11.3. The maximum atomic E-state index is 11.3. The van der Waals surface area contributed by atoms with Gasteiger partial charge in [-0.25, -0.2) is 4.79 Å². The van der Waals surface area contributed by atoms with Gasteiger partial charge in [0.25, 0.3) is 0 Å². The molecule has 1 heterocycles. The summed E-state index contributed by atoms with van der Waals surface area (Å²) in [7, 11) is 1.44. The Morgan fingerprint density at radius 2 is 2.08 bits per heavy atom. The van der Waals surface area contributed by atoms with Crippen LogP contribution in [0.5, 0.6) is 0 Å². The lowest BCUT2D eigenvalue weighted by Gasteiger charge is -2.23. The predicted molar refractivity (Wildman–Crippen MR) is 51.4 cm³/mol. The minimum Gasteiger partial charge on any atom is -0.466 e. The summed E-state index contributed by atoms with van der Waals surface area (Å²) in [6.45, 7) is 3.90. The molecule has 0 bridgehead atoms. The van der Waals surface area contributed by atoms with E-state index in [0.29, 0.717) is 5.92 Å². The smallest absolute Gasteiger partial charge is 0.333 e. The van der Waals surface area contributed by atoms with Crippen LogP contribution in [0.15, 0.2) is 11.6 Å². The second-order valence-corrected chi connectivity index (χ2v) is 3.26. The predicted octanol–water partition coefficient (Wildman–Crippen LogP) is 1.11. The SMILES string of the molecule is CC=C(C(=O)OC)C1CCNCC1. The standard InChI is InChI=1S/C10H17NO2/c1-3-9(10(12)13-2)8-4-6-11-7-5-8/h3,8,11H,4-7H2,1-2H3. The molecule has 3 nitrogen and oxygen atoms in total. The van der Waals surface area contributed by atoms with E-state index in [-0.39, 0.29) is 5.97 Å². The van der Waals surface area contributed by atoms with Gasteiger partial charge in [-0.3, -0.25) is 0 Å². The molecule has 1 aliphatic heterocycles. The van der Waals surface area contributed by atoms with E-state index in [4.69, 9.17) is 4.74 Å². The molecule has 0 amide bonds. The van der Waals surface area contributed by atoms with E-state index in [1.165, 1.54) is 7.11 Å². The number of allylic oxidation sites excluding steroid dienone is 1. The van der Waals surface area contributed by atoms with Crippen molar-refractivity contribution in [2.75, 3.05) is 20.2 Å². The van der Waals surface area contributed by atoms with Gasteiger partial charge in [0.15, 0.2) is 0 Å². The van der Waals surface area contributed by atoms with Gasteiger partial charge in [0.05, 0.1) is 7.11 Å². The van der Waals surface area contributed by atoms with Gasteiger partial charge in [-0.05, 0) is 38.8 Å². The topological polar surface area (TPSA) is 38.3 Å². The van der Waals surface area contributed by atoms with Crippen molar-refractivity contribution in [1.29, 1.82) is 0 Å². The quantitative estimate of drug-likeness (QED) is 0.514. The second kappa shape index (κ2) is 5.02. The summed E-state index contributed by atoms with van der Waals surface area (Å²) in [5.41, 5.74) is 0.837. The number of hydrogen-bond acceptors (Lipinski definition) is 3. The number of nitrogens with one attached hydrogen (secondary N) is 1. The van der Waals surface area contributed by atoms with Crippen molar-refractivity contribution < 1.29 is 9.53 Å². The van der Waals surface area contributed by atoms with E-state index in [9.17, 15) is 4.79 Å². The molecule has 1 aliphatic rings. The number of rotatable bonds is 2. The highest BCUT2D eigenvalue weighted by molar-refractivity contribution is 5.88. The maximum Gasteiger partial charge on any atom is 0.333 e. The Morgan fingerprint density at radius 1 is 1.46 bits per heavy atom. The van der Waals surface area contributed by atoms with Gasteiger partial charge in [-0.1, -0.05) is 6.08 Å². The highest BCUT2D eigenvalue weighted by atomic mass is 16.5. The zero-order chi connectivity index (χ0) is 9.68. The third-order valence-electron chi connectivity index (χ3n) is 2.51. The molecule has 74 valence electrons. The molecule has 0 spiro atoms. The molecular formula is C10H17NO2. The van der Waals surface area contributed by atoms with Crippen LogP contribution in [-0.2, 0) is 9.53 Å². The molecule has 1 N–H and O–H groups in total. The zero-order valence-electron chi connectivity index (χ0n) is 8.30. The Hall–Kier alpha value is -0.830. The fraction of sp³-hybridized carbons (Fsp3) is 0.700. The van der Waals surface area contributed by atoms with Crippen molar-refractivity contribution in [3.8, 4) is 0 Å². The van der Waals surface area contributed by atoms with Crippen molar-refractivity contribution >= 4 is 5.97 Å². The van der Waals surface area contributed by atoms with E-state index in [2.05, 4.69) is 5.32 Å². The monoisotopic (exact) mass is 183 g/mol. The van der Waals surface area contributed by atoms with Crippen molar-refractivity contribution in [3.63, 3.8) is 0 Å². The van der Waals surface area contributed by atoms with Crippen LogP contribution in [0, 0.1) is 5.92 Å². The van der Waals surface area contributed by atoms with E-state index in [1.807, 2.05) is 13.0 Å². The van der Waals surface area contributed by atoms with Crippen LogP contribution in [0.4, 0.5) is 0 Å². The first kappa shape index (κ1) is 10.3. The van der Waals surface area contributed by atoms with E-state index < -0.39 is 0 Å². The molecule has 1 fully saturated rings. The Morgan fingerprint density at radius 3 is 2.54 bits per heavy atom. The highest BCUT2D eigenvalue weighted by Gasteiger charge is 2.22. The molecule has 1 saturated heterocycles. The van der Waals surface area contributed by atoms with Crippen LogP contribution in [0.2, 0.25) is 0 Å². The van der Waals surface area contributed by atoms with Crippen LogP contribution < -0.4 is 5.32 Å². The number of carbonyl (C=O) groups excluding carboxylic acids is 1. The molecule has 1 rings (SSSR count). The first-order chi connectivity index (χ1) is 6.29. The van der Waals surface area contributed by atoms with Gasteiger partial charge >= 0.3 is 5.97 Å². The zero-order valence-corrected chi connectivity index (χ0v) is 8.30. The molecule has 0 aromatic carbocycles. The number of piperidine rings is 1. The van der Waals surface area contributed by atoms with Gasteiger partial charge in [-0.2, -0.15) is 0 Å². The number of methoxy groups -OCH3 is 1. The second-order valence-electron chi connectivity index (χ2n) is 3.26. The van der Waals surface area contributed by atoms with Crippen LogP contribution in [-0.4, -0.2) is 26.2 Å². The molecule has 0 atom stereocenters. The Labute approximate surface area is 79.2 Å². The van der Waals surface area contributed by atoms with Crippen LogP contribution in [0.1, 0.15) is 19.8 Å². The van der Waals surface area contributed by atoms with Gasteiger partial charge in [0.2, 0.25) is 0 Å². The number of ether oxygens (including phenoxy) is 1. The van der Waals surface area contributed by atoms with Gasteiger partial charge in [-0.15, -0.1) is 0 Å². The molecule has 0 saturated carbocycles. The van der Waals surface area contributed by atoms with Crippen LogP contribution in [0.3, 0.4) is 0 Å². The lowest BCUT2D eigenvalue weighted by Crippen LogP contribution is -2.30. The third-order valence-corrected chi connectivity index (χ3v) is 2.51. The van der Waals surface area contributed by atoms with Crippen LogP contribution in [0.25, 0.3) is 0 Å². The van der Waals surface area contributed by atoms with Crippen LogP contribution >= 0.6 is 0 Å². The third kappa shape index (κ3) is 2.56. The highest BCUT2D eigenvalue weighted by Crippen LogP contribution is 2.22.